The first-order valence-electron chi connectivity index (χ1n) is 7.32. The van der Waals surface area contributed by atoms with Crippen LogP contribution in [0.3, 0.4) is 0 Å². The zero-order valence-electron chi connectivity index (χ0n) is 12.4. The van der Waals surface area contributed by atoms with E-state index >= 15 is 0 Å². The fourth-order valence-electron chi connectivity index (χ4n) is 2.42. The van der Waals surface area contributed by atoms with Gasteiger partial charge >= 0.3 is 0 Å². The number of aromatic nitrogens is 2. The van der Waals surface area contributed by atoms with Crippen LogP contribution >= 0.6 is 0 Å². The maximum Gasteiger partial charge on any atom is 0.245 e. The molecule has 0 aliphatic carbocycles. The predicted octanol–water partition coefficient (Wildman–Crippen LogP) is 2.46. The number of hydrogen-bond donors (Lipinski definition) is 0. The average molecular weight is 301 g/mol. The molecule has 0 N–H and O–H groups in total. The highest BCUT2D eigenvalue weighted by molar-refractivity contribution is 7.89. The first kappa shape index (κ1) is 15.4. The van der Waals surface area contributed by atoms with Gasteiger partial charge in [0.15, 0.2) is 5.82 Å². The van der Waals surface area contributed by atoms with Crippen molar-refractivity contribution in [3.63, 3.8) is 0 Å². The highest BCUT2D eigenvalue weighted by Gasteiger charge is 2.35. The van der Waals surface area contributed by atoms with Crippen molar-refractivity contribution in [2.24, 2.45) is 0 Å². The van der Waals surface area contributed by atoms with E-state index in [1.54, 1.807) is 6.92 Å². The fraction of sp³-hybridized carbons (Fsp3) is 0.846. The molecule has 2 heterocycles. The van der Waals surface area contributed by atoms with Crippen LogP contribution in [0.15, 0.2) is 4.52 Å². The van der Waals surface area contributed by atoms with Crippen molar-refractivity contribution in [2.45, 2.75) is 58.4 Å². The third-order valence-corrected chi connectivity index (χ3v) is 5.85. The summed E-state index contributed by atoms with van der Waals surface area (Å²) in [5.41, 5.74) is 0. The summed E-state index contributed by atoms with van der Waals surface area (Å²) >= 11 is 0. The molecule has 20 heavy (non-hydrogen) atoms. The minimum Gasteiger partial charge on any atom is -0.338 e. The van der Waals surface area contributed by atoms with Crippen LogP contribution in [0.4, 0.5) is 0 Å². The molecule has 7 heteroatoms. The first-order chi connectivity index (χ1) is 9.49. The third-order valence-electron chi connectivity index (χ3n) is 3.97. The lowest BCUT2D eigenvalue weighted by atomic mass is 10.0. The molecule has 1 aliphatic heterocycles. The second-order valence-electron chi connectivity index (χ2n) is 5.32. The van der Waals surface area contributed by atoms with Crippen molar-refractivity contribution < 1.29 is 12.9 Å². The Morgan fingerprint density at radius 3 is 2.80 bits per heavy atom. The summed E-state index contributed by atoms with van der Waals surface area (Å²) in [6, 6.07) is -0.293. The molecule has 0 unspecified atom stereocenters. The Bertz CT molecular complexity index is 541. The van der Waals surface area contributed by atoms with E-state index in [2.05, 4.69) is 17.1 Å². The number of piperidine rings is 1. The molecule has 0 amide bonds. The monoisotopic (exact) mass is 301 g/mol. The Labute approximate surface area is 120 Å². The van der Waals surface area contributed by atoms with Crippen LogP contribution in [0.2, 0.25) is 0 Å². The van der Waals surface area contributed by atoms with Crippen LogP contribution in [0.5, 0.6) is 0 Å². The molecular weight excluding hydrogens is 278 g/mol. The Morgan fingerprint density at radius 2 is 2.15 bits per heavy atom. The molecule has 1 aliphatic rings. The Balaban J connectivity index is 2.26. The van der Waals surface area contributed by atoms with Crippen molar-refractivity contribution in [1.29, 1.82) is 0 Å². The van der Waals surface area contributed by atoms with Crippen LogP contribution in [0.1, 0.15) is 70.1 Å². The van der Waals surface area contributed by atoms with Gasteiger partial charge in [0.2, 0.25) is 15.9 Å². The fourth-order valence-corrected chi connectivity index (χ4v) is 3.74. The molecular formula is C13H23N3O3S. The van der Waals surface area contributed by atoms with Crippen molar-refractivity contribution >= 4 is 10.0 Å². The van der Waals surface area contributed by atoms with E-state index in [1.165, 1.54) is 4.31 Å². The predicted molar refractivity (Wildman–Crippen MR) is 75.8 cm³/mol. The molecule has 6 nitrogen and oxygen atoms in total. The van der Waals surface area contributed by atoms with Gasteiger partial charge in [0.25, 0.3) is 0 Å². The summed E-state index contributed by atoms with van der Waals surface area (Å²) in [5.74, 6) is 1.45. The van der Waals surface area contributed by atoms with E-state index in [0.717, 1.165) is 25.7 Å². The highest BCUT2D eigenvalue weighted by Crippen LogP contribution is 2.33. The minimum absolute atomic E-state index is 0.107. The number of nitrogens with zero attached hydrogens (tertiary/aromatic N) is 3. The van der Waals surface area contributed by atoms with E-state index in [9.17, 15) is 8.42 Å². The Hall–Kier alpha value is -0.950. The molecule has 1 aromatic heterocycles. The largest absolute Gasteiger partial charge is 0.338 e. The van der Waals surface area contributed by atoms with E-state index in [1.807, 2.05) is 6.92 Å². The maximum absolute atomic E-state index is 12.2. The number of hydrogen-bond acceptors (Lipinski definition) is 5. The van der Waals surface area contributed by atoms with Crippen molar-refractivity contribution in [1.82, 2.24) is 14.4 Å². The standard InChI is InChI=1S/C13H23N3O3S/c1-4-10(3)12-14-13(19-15-12)11-8-6-7-9-16(11)20(17,18)5-2/h10-11H,4-9H2,1-3H3/t10-,11-/m1/s1. The maximum atomic E-state index is 12.2. The van der Waals surface area contributed by atoms with Crippen LogP contribution in [0, 0.1) is 0 Å². The summed E-state index contributed by atoms with van der Waals surface area (Å²) in [6.45, 7) is 6.31. The van der Waals surface area contributed by atoms with Gasteiger partial charge in [0.1, 0.15) is 6.04 Å². The molecule has 0 radical (unpaired) electrons. The molecule has 1 saturated heterocycles. The highest BCUT2D eigenvalue weighted by atomic mass is 32.2. The zero-order chi connectivity index (χ0) is 14.8. The molecule has 114 valence electrons. The average Bonchev–Trinajstić information content (AvgIpc) is 2.96. The SMILES string of the molecule is CC[C@@H](C)c1noc([C@H]2CCCCN2S(=O)(=O)CC)n1. The van der Waals surface area contributed by atoms with Crippen LogP contribution in [-0.4, -0.2) is 35.2 Å². The third kappa shape index (κ3) is 3.03. The topological polar surface area (TPSA) is 76.3 Å². The van der Waals surface area contributed by atoms with Crippen LogP contribution < -0.4 is 0 Å². The lowest BCUT2D eigenvalue weighted by Gasteiger charge is -2.31. The van der Waals surface area contributed by atoms with Gasteiger partial charge in [-0.15, -0.1) is 0 Å². The van der Waals surface area contributed by atoms with Gasteiger partial charge in [0.05, 0.1) is 5.75 Å². The first-order valence-corrected chi connectivity index (χ1v) is 8.93. The Kier molecular flexibility index (Phi) is 4.80. The summed E-state index contributed by atoms with van der Waals surface area (Å²) in [5, 5.41) is 4.00. The molecule has 0 saturated carbocycles. The summed E-state index contributed by atoms with van der Waals surface area (Å²) in [4.78, 5) is 4.42. The molecule has 0 bridgehead atoms. The van der Waals surface area contributed by atoms with Gasteiger partial charge in [-0.3, -0.25) is 0 Å². The van der Waals surface area contributed by atoms with Crippen molar-refractivity contribution in [3.8, 4) is 0 Å². The summed E-state index contributed by atoms with van der Waals surface area (Å²) < 4.78 is 31.2. The van der Waals surface area contributed by atoms with Gasteiger partial charge in [-0.1, -0.05) is 25.4 Å². The molecule has 0 aromatic carbocycles. The van der Waals surface area contributed by atoms with Gasteiger partial charge < -0.3 is 4.52 Å². The molecule has 1 fully saturated rings. The summed E-state index contributed by atoms with van der Waals surface area (Å²) in [6.07, 6.45) is 3.56. The van der Waals surface area contributed by atoms with E-state index in [4.69, 9.17) is 4.52 Å². The van der Waals surface area contributed by atoms with Gasteiger partial charge in [-0.25, -0.2) is 8.42 Å². The number of sulfonamides is 1. The Morgan fingerprint density at radius 1 is 1.40 bits per heavy atom. The normalized spacial score (nSPS) is 22.9. The van der Waals surface area contributed by atoms with E-state index < -0.39 is 10.0 Å². The molecule has 1 aromatic rings. The second kappa shape index (κ2) is 6.22. The molecule has 2 atom stereocenters. The van der Waals surface area contributed by atoms with Crippen LogP contribution in [0.25, 0.3) is 0 Å². The summed E-state index contributed by atoms with van der Waals surface area (Å²) in [7, 11) is -3.23. The quantitative estimate of drug-likeness (QED) is 0.835. The smallest absolute Gasteiger partial charge is 0.245 e. The van der Waals surface area contributed by atoms with Crippen molar-refractivity contribution in [3.05, 3.63) is 11.7 Å². The van der Waals surface area contributed by atoms with Gasteiger partial charge in [-0.05, 0) is 26.2 Å². The minimum atomic E-state index is -3.23. The van der Waals surface area contributed by atoms with E-state index in [-0.39, 0.29) is 17.7 Å². The van der Waals surface area contributed by atoms with Crippen molar-refractivity contribution in [2.75, 3.05) is 12.3 Å². The molecule has 0 spiro atoms. The molecule has 2 rings (SSSR count). The van der Waals surface area contributed by atoms with Crippen LogP contribution in [-0.2, 0) is 10.0 Å². The zero-order valence-corrected chi connectivity index (χ0v) is 13.2. The van der Waals surface area contributed by atoms with Gasteiger partial charge in [0, 0.05) is 12.5 Å². The van der Waals surface area contributed by atoms with E-state index in [0.29, 0.717) is 18.3 Å². The lowest BCUT2D eigenvalue weighted by Crippen LogP contribution is -2.39. The van der Waals surface area contributed by atoms with Gasteiger partial charge in [-0.2, -0.15) is 9.29 Å². The lowest BCUT2D eigenvalue weighted by molar-refractivity contribution is 0.204. The number of rotatable bonds is 5. The second-order valence-corrected chi connectivity index (χ2v) is 7.53.